The first-order valence-corrected chi connectivity index (χ1v) is 5.13. The van der Waals surface area contributed by atoms with Crippen molar-refractivity contribution >= 4 is 17.9 Å². The molecule has 1 aromatic carbocycles. The van der Waals surface area contributed by atoms with E-state index in [2.05, 4.69) is 0 Å². The van der Waals surface area contributed by atoms with Gasteiger partial charge in [0.1, 0.15) is 5.60 Å². The van der Waals surface area contributed by atoms with Crippen molar-refractivity contribution in [2.45, 2.75) is 19.4 Å². The zero-order chi connectivity index (χ0) is 13.7. The van der Waals surface area contributed by atoms with Gasteiger partial charge in [-0.25, -0.2) is 14.4 Å². The monoisotopic (exact) mass is 250 g/mol. The molecule has 0 unspecified atom stereocenters. The fourth-order valence-electron chi connectivity index (χ4n) is 2.05. The van der Waals surface area contributed by atoms with E-state index in [1.165, 1.54) is 12.1 Å². The van der Waals surface area contributed by atoms with Crippen LogP contribution in [0.3, 0.4) is 0 Å². The summed E-state index contributed by atoms with van der Waals surface area (Å²) in [5, 5.41) is 18.0. The van der Waals surface area contributed by atoms with Gasteiger partial charge in [0.05, 0.1) is 16.7 Å². The minimum Gasteiger partial charge on any atom is -0.478 e. The van der Waals surface area contributed by atoms with Gasteiger partial charge in [-0.05, 0) is 19.9 Å². The van der Waals surface area contributed by atoms with Gasteiger partial charge in [-0.1, -0.05) is 6.07 Å². The van der Waals surface area contributed by atoms with Crippen LogP contribution in [0.2, 0.25) is 0 Å². The van der Waals surface area contributed by atoms with Crippen molar-refractivity contribution in [1.82, 2.24) is 0 Å². The second-order valence-corrected chi connectivity index (χ2v) is 4.42. The van der Waals surface area contributed by atoms with Crippen LogP contribution in [0.25, 0.3) is 0 Å². The molecule has 2 rings (SSSR count). The van der Waals surface area contributed by atoms with E-state index in [0.717, 1.165) is 0 Å². The highest BCUT2D eigenvalue weighted by Crippen LogP contribution is 2.38. The van der Waals surface area contributed by atoms with E-state index in [4.69, 9.17) is 14.9 Å². The van der Waals surface area contributed by atoms with Gasteiger partial charge in [-0.2, -0.15) is 0 Å². The smallest absolute Gasteiger partial charge is 0.340 e. The van der Waals surface area contributed by atoms with E-state index in [1.807, 2.05) is 0 Å². The number of hydrogen-bond acceptors (Lipinski definition) is 4. The molecule has 1 heterocycles. The Labute approximate surface area is 102 Å². The molecule has 1 aliphatic heterocycles. The van der Waals surface area contributed by atoms with Crippen LogP contribution >= 0.6 is 0 Å². The lowest BCUT2D eigenvalue weighted by Crippen LogP contribution is -2.16. The normalized spacial score (nSPS) is 16.0. The summed E-state index contributed by atoms with van der Waals surface area (Å²) in [5.74, 6) is -3.66. The SMILES string of the molecule is CC1(C)OC(=O)c2c1ccc(C(=O)O)c2C(=O)O. The zero-order valence-electron chi connectivity index (χ0n) is 9.68. The van der Waals surface area contributed by atoms with Gasteiger partial charge in [-0.15, -0.1) is 0 Å². The molecule has 6 heteroatoms. The Bertz CT molecular complexity index is 584. The van der Waals surface area contributed by atoms with Gasteiger partial charge in [0.2, 0.25) is 0 Å². The summed E-state index contributed by atoms with van der Waals surface area (Å²) in [6.45, 7) is 3.23. The number of benzene rings is 1. The predicted molar refractivity (Wildman–Crippen MR) is 58.8 cm³/mol. The number of carboxylic acids is 2. The topological polar surface area (TPSA) is 101 Å². The van der Waals surface area contributed by atoms with Gasteiger partial charge in [-0.3, -0.25) is 0 Å². The largest absolute Gasteiger partial charge is 0.478 e. The summed E-state index contributed by atoms with van der Waals surface area (Å²) in [6.07, 6.45) is 0. The van der Waals surface area contributed by atoms with E-state index in [-0.39, 0.29) is 5.56 Å². The lowest BCUT2D eigenvalue weighted by atomic mass is 9.90. The van der Waals surface area contributed by atoms with Crippen molar-refractivity contribution < 1.29 is 29.3 Å². The Morgan fingerprint density at radius 3 is 2.28 bits per heavy atom. The van der Waals surface area contributed by atoms with Crippen LogP contribution in [0.1, 0.15) is 50.5 Å². The molecule has 0 saturated carbocycles. The molecule has 94 valence electrons. The standard InChI is InChI=1S/C12H10O6/c1-12(2)6-4-3-5(9(13)14)7(10(15)16)8(6)11(17)18-12/h3-4H,1-2H3,(H,13,14)(H,15,16). The quantitative estimate of drug-likeness (QED) is 0.771. The summed E-state index contributed by atoms with van der Waals surface area (Å²) in [7, 11) is 0. The third kappa shape index (κ3) is 1.54. The van der Waals surface area contributed by atoms with Crippen LogP contribution in [0.5, 0.6) is 0 Å². The van der Waals surface area contributed by atoms with Crippen molar-refractivity contribution in [2.24, 2.45) is 0 Å². The first kappa shape index (κ1) is 12.1. The molecule has 0 bridgehead atoms. The Hall–Kier alpha value is -2.37. The minimum absolute atomic E-state index is 0.174. The van der Waals surface area contributed by atoms with Gasteiger partial charge in [0.25, 0.3) is 0 Å². The number of hydrogen-bond donors (Lipinski definition) is 2. The Kier molecular flexibility index (Phi) is 2.39. The number of fused-ring (bicyclic) bond motifs is 1. The van der Waals surface area contributed by atoms with Crippen LogP contribution < -0.4 is 0 Å². The van der Waals surface area contributed by atoms with Gasteiger partial charge < -0.3 is 14.9 Å². The molecule has 0 aliphatic carbocycles. The molecule has 0 amide bonds. The Morgan fingerprint density at radius 1 is 1.17 bits per heavy atom. The first-order chi connectivity index (χ1) is 8.25. The number of carboxylic acid groups (broad SMARTS) is 2. The van der Waals surface area contributed by atoms with Gasteiger partial charge in [0, 0.05) is 5.56 Å². The third-order valence-electron chi connectivity index (χ3n) is 2.85. The van der Waals surface area contributed by atoms with E-state index >= 15 is 0 Å². The number of esters is 1. The summed E-state index contributed by atoms with van der Waals surface area (Å²) in [4.78, 5) is 33.9. The molecule has 0 saturated heterocycles. The maximum Gasteiger partial charge on any atom is 0.340 e. The zero-order valence-corrected chi connectivity index (χ0v) is 9.68. The fraction of sp³-hybridized carbons (Fsp3) is 0.250. The highest BCUT2D eigenvalue weighted by molar-refractivity contribution is 6.11. The second-order valence-electron chi connectivity index (χ2n) is 4.42. The summed E-state index contributed by atoms with van der Waals surface area (Å²) in [6, 6.07) is 2.59. The first-order valence-electron chi connectivity index (χ1n) is 5.13. The lowest BCUT2D eigenvalue weighted by Gasteiger charge is -2.17. The molecule has 0 spiro atoms. The number of cyclic esters (lactones) is 1. The van der Waals surface area contributed by atoms with Crippen LogP contribution in [0.15, 0.2) is 12.1 Å². The minimum atomic E-state index is -1.46. The van der Waals surface area contributed by atoms with Crippen LogP contribution in [-0.4, -0.2) is 28.1 Å². The van der Waals surface area contributed by atoms with Crippen molar-refractivity contribution in [1.29, 1.82) is 0 Å². The molecular formula is C12H10O6. The number of rotatable bonds is 2. The third-order valence-corrected chi connectivity index (χ3v) is 2.85. The molecule has 0 atom stereocenters. The summed E-state index contributed by atoms with van der Waals surface area (Å²) in [5.41, 5.74) is -1.68. The average Bonchev–Trinajstić information content (AvgIpc) is 2.48. The summed E-state index contributed by atoms with van der Waals surface area (Å²) >= 11 is 0. The highest BCUT2D eigenvalue weighted by atomic mass is 16.6. The molecular weight excluding hydrogens is 240 g/mol. The molecule has 1 aliphatic rings. The maximum atomic E-state index is 11.7. The van der Waals surface area contributed by atoms with E-state index < -0.39 is 34.6 Å². The number of ether oxygens (including phenoxy) is 1. The van der Waals surface area contributed by atoms with Crippen LogP contribution in [0, 0.1) is 0 Å². The van der Waals surface area contributed by atoms with Crippen molar-refractivity contribution in [3.8, 4) is 0 Å². The molecule has 0 fully saturated rings. The molecule has 0 radical (unpaired) electrons. The molecule has 2 N–H and O–H groups in total. The predicted octanol–water partition coefficient (Wildman–Crippen LogP) is 1.49. The van der Waals surface area contributed by atoms with Crippen LogP contribution in [-0.2, 0) is 10.3 Å². The fourth-order valence-corrected chi connectivity index (χ4v) is 2.05. The lowest BCUT2D eigenvalue weighted by molar-refractivity contribution is 0.00938. The van der Waals surface area contributed by atoms with E-state index in [9.17, 15) is 14.4 Å². The van der Waals surface area contributed by atoms with E-state index in [1.54, 1.807) is 13.8 Å². The Morgan fingerprint density at radius 2 is 1.78 bits per heavy atom. The highest BCUT2D eigenvalue weighted by Gasteiger charge is 2.42. The van der Waals surface area contributed by atoms with Crippen molar-refractivity contribution in [2.75, 3.05) is 0 Å². The Balaban J connectivity index is 2.84. The average molecular weight is 250 g/mol. The van der Waals surface area contributed by atoms with Gasteiger partial charge in [0.15, 0.2) is 0 Å². The number of carbonyl (C=O) groups excluding carboxylic acids is 1. The molecule has 0 aromatic heterocycles. The second kappa shape index (κ2) is 3.56. The number of aromatic carboxylic acids is 2. The van der Waals surface area contributed by atoms with E-state index in [0.29, 0.717) is 5.56 Å². The maximum absolute atomic E-state index is 11.7. The molecule has 6 nitrogen and oxygen atoms in total. The van der Waals surface area contributed by atoms with Crippen LogP contribution in [0.4, 0.5) is 0 Å². The van der Waals surface area contributed by atoms with Crippen molar-refractivity contribution in [3.05, 3.63) is 34.4 Å². The van der Waals surface area contributed by atoms with Crippen molar-refractivity contribution in [3.63, 3.8) is 0 Å². The van der Waals surface area contributed by atoms with Gasteiger partial charge >= 0.3 is 17.9 Å². The number of carbonyl (C=O) groups is 3. The molecule has 1 aromatic rings. The molecule has 18 heavy (non-hydrogen) atoms. The summed E-state index contributed by atoms with van der Waals surface area (Å²) < 4.78 is 5.05.